The van der Waals surface area contributed by atoms with Gasteiger partial charge in [-0.15, -0.1) is 0 Å². The molecule has 0 spiro atoms. The maximum absolute atomic E-state index is 13.8. The second-order valence-corrected chi connectivity index (χ2v) is 9.22. The maximum Gasteiger partial charge on any atom is 0.264 e. The zero-order valence-corrected chi connectivity index (χ0v) is 19.7. The van der Waals surface area contributed by atoms with Crippen LogP contribution >= 0.6 is 11.6 Å². The molecule has 1 amide bonds. The number of halogens is 1. The van der Waals surface area contributed by atoms with Gasteiger partial charge in [-0.1, -0.05) is 42.3 Å². The van der Waals surface area contributed by atoms with Crippen molar-refractivity contribution in [3.8, 4) is 5.75 Å². The highest BCUT2D eigenvalue weighted by Crippen LogP contribution is 2.37. The summed E-state index contributed by atoms with van der Waals surface area (Å²) in [5.74, 6) is 0.700. The first-order valence-electron chi connectivity index (χ1n) is 11.6. The number of nitrogens with zero attached hydrogens (tertiary/aromatic N) is 2. The Hall–Kier alpha value is -3.38. The lowest BCUT2D eigenvalue weighted by atomic mass is 9.85. The molecule has 1 aliphatic rings. The van der Waals surface area contributed by atoms with Gasteiger partial charge < -0.3 is 14.6 Å². The number of carbonyl (C=O) groups excluding carboxylic acids is 1. The number of benzene rings is 2. The molecule has 2 atom stereocenters. The van der Waals surface area contributed by atoms with Crippen molar-refractivity contribution in [2.75, 3.05) is 13.7 Å². The Kier molecular flexibility index (Phi) is 6.24. The highest BCUT2D eigenvalue weighted by Gasteiger charge is 2.28. The lowest BCUT2D eigenvalue weighted by Crippen LogP contribution is -2.34. The largest absolute Gasteiger partial charge is 0.496 e. The minimum atomic E-state index is -0.117. The summed E-state index contributed by atoms with van der Waals surface area (Å²) >= 11 is 6.62. The number of rotatable bonds is 5. The number of hydrogen-bond acceptors (Lipinski definition) is 4. The van der Waals surface area contributed by atoms with Crippen LogP contribution in [-0.2, 0) is 0 Å². The van der Waals surface area contributed by atoms with Crippen LogP contribution in [0.5, 0.6) is 5.75 Å². The van der Waals surface area contributed by atoms with Crippen LogP contribution in [0.4, 0.5) is 0 Å². The number of pyridine rings is 2. The molecule has 0 saturated heterocycles. The molecule has 0 aliphatic heterocycles. The second kappa shape index (κ2) is 9.47. The molecule has 1 aliphatic carbocycles. The van der Waals surface area contributed by atoms with E-state index in [9.17, 15) is 9.59 Å². The third-order valence-electron chi connectivity index (χ3n) is 6.76. The van der Waals surface area contributed by atoms with Crippen molar-refractivity contribution in [3.05, 3.63) is 81.7 Å². The van der Waals surface area contributed by atoms with E-state index in [4.69, 9.17) is 16.3 Å². The van der Waals surface area contributed by atoms with E-state index >= 15 is 0 Å². The molecule has 1 saturated carbocycles. The van der Waals surface area contributed by atoms with Gasteiger partial charge in [-0.05, 0) is 55.5 Å². The Labute approximate surface area is 202 Å². The predicted octanol–water partition coefficient (Wildman–Crippen LogP) is 5.37. The average molecular weight is 476 g/mol. The van der Waals surface area contributed by atoms with E-state index in [1.165, 1.54) is 0 Å². The minimum absolute atomic E-state index is 0.00448. The summed E-state index contributed by atoms with van der Waals surface area (Å²) in [6, 6.07) is 16.6. The summed E-state index contributed by atoms with van der Waals surface area (Å²) in [6.07, 6.45) is 5.31. The zero-order chi connectivity index (χ0) is 23.7. The van der Waals surface area contributed by atoms with E-state index in [1.807, 2.05) is 53.1 Å². The standard InChI is InChI=1S/C27H26ClN3O3/c1-34-22-13-14-29-25-23-20(28)11-6-12-21(23)31(27(33)24(22)25)19-10-5-7-17(15-19)16-30-26(32)18-8-3-2-4-9-18/h2-4,6,8-9,11-14,17,19H,5,7,10,15-16H2,1H3,(H,30,32). The number of aromatic nitrogens is 2. The monoisotopic (exact) mass is 475 g/mol. The van der Waals surface area contributed by atoms with Gasteiger partial charge in [0.1, 0.15) is 11.1 Å². The summed E-state index contributed by atoms with van der Waals surface area (Å²) in [4.78, 5) is 30.8. The molecule has 0 bridgehead atoms. The Morgan fingerprint density at radius 1 is 1.12 bits per heavy atom. The van der Waals surface area contributed by atoms with Crippen molar-refractivity contribution < 1.29 is 9.53 Å². The molecule has 1 fully saturated rings. The molecule has 34 heavy (non-hydrogen) atoms. The van der Waals surface area contributed by atoms with Gasteiger partial charge in [0.05, 0.1) is 23.2 Å². The van der Waals surface area contributed by atoms with E-state index < -0.39 is 0 Å². The predicted molar refractivity (Wildman–Crippen MR) is 135 cm³/mol. The molecule has 0 radical (unpaired) electrons. The molecule has 4 aromatic rings. The van der Waals surface area contributed by atoms with E-state index in [2.05, 4.69) is 10.3 Å². The first-order chi connectivity index (χ1) is 16.6. The van der Waals surface area contributed by atoms with E-state index in [1.54, 1.807) is 19.4 Å². The summed E-state index contributed by atoms with van der Waals surface area (Å²) < 4.78 is 7.40. The van der Waals surface area contributed by atoms with Crippen LogP contribution in [0, 0.1) is 5.92 Å². The number of methoxy groups -OCH3 is 1. The van der Waals surface area contributed by atoms with Gasteiger partial charge in [0.2, 0.25) is 0 Å². The van der Waals surface area contributed by atoms with Gasteiger partial charge >= 0.3 is 0 Å². The van der Waals surface area contributed by atoms with E-state index in [0.717, 1.165) is 36.6 Å². The average Bonchev–Trinajstić information content (AvgIpc) is 2.87. The number of fused-ring (bicyclic) bond motifs is 3. The SMILES string of the molecule is COc1ccnc2c1c(=O)n(C1CCCC(CNC(=O)c3ccccc3)C1)c1cccc(Cl)c21. The fourth-order valence-corrected chi connectivity index (χ4v) is 5.42. The molecule has 2 heterocycles. The first kappa shape index (κ1) is 22.4. The Bertz CT molecular complexity index is 1420. The van der Waals surface area contributed by atoms with Gasteiger partial charge in [0.25, 0.3) is 11.5 Å². The Morgan fingerprint density at radius 3 is 2.74 bits per heavy atom. The normalized spacial score (nSPS) is 18.2. The van der Waals surface area contributed by atoms with Gasteiger partial charge in [0, 0.05) is 29.7 Å². The van der Waals surface area contributed by atoms with Gasteiger partial charge in [0.15, 0.2) is 0 Å². The van der Waals surface area contributed by atoms with Crippen molar-refractivity contribution in [3.63, 3.8) is 0 Å². The highest BCUT2D eigenvalue weighted by molar-refractivity contribution is 6.37. The fraction of sp³-hybridized carbons (Fsp3) is 0.296. The van der Waals surface area contributed by atoms with Crippen molar-refractivity contribution in [2.45, 2.75) is 31.7 Å². The van der Waals surface area contributed by atoms with Crippen molar-refractivity contribution in [1.29, 1.82) is 0 Å². The lowest BCUT2D eigenvalue weighted by molar-refractivity contribution is 0.0940. The molecule has 6 nitrogen and oxygen atoms in total. The highest BCUT2D eigenvalue weighted by atomic mass is 35.5. The topological polar surface area (TPSA) is 73.2 Å². The van der Waals surface area contributed by atoms with Crippen molar-refractivity contribution >= 4 is 39.3 Å². The molecular weight excluding hydrogens is 450 g/mol. The number of nitrogens with one attached hydrogen (secondary N) is 1. The summed E-state index contributed by atoms with van der Waals surface area (Å²) in [5.41, 5.74) is 1.88. The third kappa shape index (κ3) is 4.03. The molecule has 2 unspecified atom stereocenters. The number of carbonyl (C=O) groups is 1. The van der Waals surface area contributed by atoms with Crippen LogP contribution in [0.1, 0.15) is 42.1 Å². The molecule has 2 aromatic carbocycles. The van der Waals surface area contributed by atoms with Gasteiger partial charge in [-0.25, -0.2) is 0 Å². The van der Waals surface area contributed by atoms with Crippen LogP contribution in [0.2, 0.25) is 5.02 Å². The molecule has 174 valence electrons. The van der Waals surface area contributed by atoms with Crippen LogP contribution in [0.15, 0.2) is 65.6 Å². The Morgan fingerprint density at radius 2 is 1.94 bits per heavy atom. The van der Waals surface area contributed by atoms with Crippen LogP contribution < -0.4 is 15.6 Å². The van der Waals surface area contributed by atoms with Crippen molar-refractivity contribution in [2.24, 2.45) is 5.92 Å². The van der Waals surface area contributed by atoms with Crippen LogP contribution in [-0.4, -0.2) is 29.1 Å². The van der Waals surface area contributed by atoms with Crippen LogP contribution in [0.3, 0.4) is 0 Å². The fourth-order valence-electron chi connectivity index (χ4n) is 5.16. The quantitative estimate of drug-likeness (QED) is 0.394. The van der Waals surface area contributed by atoms with Gasteiger partial charge in [-0.2, -0.15) is 0 Å². The minimum Gasteiger partial charge on any atom is -0.496 e. The smallest absolute Gasteiger partial charge is 0.264 e. The number of ether oxygens (including phenoxy) is 1. The summed E-state index contributed by atoms with van der Waals surface area (Å²) in [5, 5.41) is 4.84. The maximum atomic E-state index is 13.8. The van der Waals surface area contributed by atoms with Crippen molar-refractivity contribution in [1.82, 2.24) is 14.9 Å². The molecule has 2 aromatic heterocycles. The molecule has 1 N–H and O–H groups in total. The Balaban J connectivity index is 1.51. The number of amides is 1. The van der Waals surface area contributed by atoms with E-state index in [-0.39, 0.29) is 23.4 Å². The molecule has 5 rings (SSSR count). The first-order valence-corrected chi connectivity index (χ1v) is 11.9. The summed E-state index contributed by atoms with van der Waals surface area (Å²) in [7, 11) is 1.56. The molecular formula is C27H26ClN3O3. The van der Waals surface area contributed by atoms with E-state index in [0.29, 0.717) is 33.8 Å². The number of hydrogen-bond donors (Lipinski definition) is 1. The molecule has 7 heteroatoms. The second-order valence-electron chi connectivity index (χ2n) is 8.81. The lowest BCUT2D eigenvalue weighted by Gasteiger charge is -2.32. The third-order valence-corrected chi connectivity index (χ3v) is 7.08. The van der Waals surface area contributed by atoms with Crippen LogP contribution in [0.25, 0.3) is 21.8 Å². The zero-order valence-electron chi connectivity index (χ0n) is 19.0. The van der Waals surface area contributed by atoms with Gasteiger partial charge in [-0.3, -0.25) is 14.6 Å². The summed E-state index contributed by atoms with van der Waals surface area (Å²) in [6.45, 7) is 0.579.